The molecule has 92 valence electrons. The summed E-state index contributed by atoms with van der Waals surface area (Å²) in [7, 11) is 0. The van der Waals surface area contributed by atoms with Crippen LogP contribution in [-0.4, -0.2) is 6.29 Å². The third-order valence-electron chi connectivity index (χ3n) is 3.46. The molecule has 0 radical (unpaired) electrons. The second kappa shape index (κ2) is 3.86. The normalized spacial score (nSPS) is 22.0. The van der Waals surface area contributed by atoms with Crippen LogP contribution in [0.25, 0.3) is 0 Å². The summed E-state index contributed by atoms with van der Waals surface area (Å²) in [6.45, 7) is 0. The molecule has 2 aliphatic rings. The molecule has 1 saturated carbocycles. The highest BCUT2D eigenvalue weighted by Crippen LogP contribution is 2.42. The SMILES string of the molecule is FC1(F)Oc2ccc(CC3CCCC3)cc2O1. The predicted molar refractivity (Wildman–Crippen MR) is 58.3 cm³/mol. The maximum atomic E-state index is 12.8. The minimum atomic E-state index is -3.51. The van der Waals surface area contributed by atoms with Crippen molar-refractivity contribution < 1.29 is 18.3 Å². The molecule has 1 aromatic carbocycles. The summed E-state index contributed by atoms with van der Waals surface area (Å²) in [5.41, 5.74) is 1.05. The Morgan fingerprint density at radius 2 is 1.82 bits per heavy atom. The minimum absolute atomic E-state index is 0.130. The molecule has 1 aliphatic carbocycles. The van der Waals surface area contributed by atoms with Crippen LogP contribution < -0.4 is 9.47 Å². The standard InChI is InChI=1S/C13H14F2O2/c14-13(15)16-11-6-5-10(8-12(11)17-13)7-9-3-1-2-4-9/h5-6,8-9H,1-4,7H2. The van der Waals surface area contributed by atoms with Gasteiger partial charge in [-0.05, 0) is 30.0 Å². The highest BCUT2D eigenvalue weighted by molar-refractivity contribution is 5.45. The number of halogens is 2. The van der Waals surface area contributed by atoms with Crippen molar-refractivity contribution in [2.24, 2.45) is 5.92 Å². The molecule has 0 unspecified atom stereocenters. The molecule has 0 saturated heterocycles. The third kappa shape index (κ3) is 2.21. The molecule has 0 spiro atoms. The number of rotatable bonds is 2. The van der Waals surface area contributed by atoms with Gasteiger partial charge in [-0.25, -0.2) is 0 Å². The molecule has 1 aromatic rings. The van der Waals surface area contributed by atoms with Crippen molar-refractivity contribution in [1.29, 1.82) is 0 Å². The molecule has 0 amide bonds. The number of benzene rings is 1. The Hall–Kier alpha value is -1.32. The van der Waals surface area contributed by atoms with E-state index in [-0.39, 0.29) is 11.5 Å². The van der Waals surface area contributed by atoms with E-state index >= 15 is 0 Å². The van der Waals surface area contributed by atoms with Crippen LogP contribution >= 0.6 is 0 Å². The van der Waals surface area contributed by atoms with Gasteiger partial charge in [0.25, 0.3) is 0 Å². The largest absolute Gasteiger partial charge is 0.586 e. The lowest BCUT2D eigenvalue weighted by Crippen LogP contribution is -2.25. The highest BCUT2D eigenvalue weighted by atomic mass is 19.3. The van der Waals surface area contributed by atoms with E-state index in [4.69, 9.17) is 0 Å². The van der Waals surface area contributed by atoms with Gasteiger partial charge >= 0.3 is 6.29 Å². The van der Waals surface area contributed by atoms with Crippen molar-refractivity contribution >= 4 is 0 Å². The molecular weight excluding hydrogens is 226 g/mol. The molecule has 3 rings (SSSR count). The summed E-state index contributed by atoms with van der Waals surface area (Å²) < 4.78 is 34.5. The fourth-order valence-corrected chi connectivity index (χ4v) is 2.67. The molecule has 4 heteroatoms. The number of hydrogen-bond acceptors (Lipinski definition) is 2. The van der Waals surface area contributed by atoms with Crippen LogP contribution in [-0.2, 0) is 6.42 Å². The smallest absolute Gasteiger partial charge is 0.395 e. The van der Waals surface area contributed by atoms with Gasteiger partial charge in [-0.2, -0.15) is 0 Å². The summed E-state index contributed by atoms with van der Waals surface area (Å²) in [5.74, 6) is 0.978. The van der Waals surface area contributed by atoms with Gasteiger partial charge in [-0.1, -0.05) is 31.7 Å². The summed E-state index contributed by atoms with van der Waals surface area (Å²) >= 11 is 0. The number of hydrogen-bond donors (Lipinski definition) is 0. The van der Waals surface area contributed by atoms with Crippen LogP contribution in [0.5, 0.6) is 11.5 Å². The first-order valence-electron chi connectivity index (χ1n) is 6.01. The molecule has 1 heterocycles. The third-order valence-corrected chi connectivity index (χ3v) is 3.46. The second-order valence-electron chi connectivity index (χ2n) is 4.80. The maximum absolute atomic E-state index is 12.8. The van der Waals surface area contributed by atoms with E-state index in [0.29, 0.717) is 5.92 Å². The Morgan fingerprint density at radius 3 is 2.59 bits per heavy atom. The molecule has 0 aromatic heterocycles. The Balaban J connectivity index is 1.76. The summed E-state index contributed by atoms with van der Waals surface area (Å²) in [6.07, 6.45) is 2.49. The zero-order valence-electron chi connectivity index (χ0n) is 9.42. The molecule has 1 aliphatic heterocycles. The van der Waals surface area contributed by atoms with E-state index in [1.54, 1.807) is 12.1 Å². The quantitative estimate of drug-likeness (QED) is 0.784. The van der Waals surface area contributed by atoms with Crippen LogP contribution in [0.15, 0.2) is 18.2 Å². The molecule has 1 fully saturated rings. The predicted octanol–water partition coefficient (Wildman–Crippen LogP) is 3.74. The van der Waals surface area contributed by atoms with Crippen LogP contribution in [0.1, 0.15) is 31.2 Å². The number of alkyl halides is 2. The van der Waals surface area contributed by atoms with Gasteiger partial charge in [-0.15, -0.1) is 8.78 Å². The first kappa shape index (κ1) is 10.8. The first-order valence-corrected chi connectivity index (χ1v) is 6.01. The molecular formula is C13H14F2O2. The van der Waals surface area contributed by atoms with Gasteiger partial charge in [0.2, 0.25) is 0 Å². The van der Waals surface area contributed by atoms with Crippen molar-refractivity contribution in [3.05, 3.63) is 23.8 Å². The van der Waals surface area contributed by atoms with Crippen molar-refractivity contribution in [3.63, 3.8) is 0 Å². The summed E-state index contributed by atoms with van der Waals surface area (Å²) in [4.78, 5) is 0. The van der Waals surface area contributed by atoms with Crippen LogP contribution in [0.4, 0.5) is 8.78 Å². The van der Waals surface area contributed by atoms with E-state index in [1.165, 1.54) is 25.7 Å². The lowest BCUT2D eigenvalue weighted by molar-refractivity contribution is -0.286. The Kier molecular flexibility index (Phi) is 2.45. The van der Waals surface area contributed by atoms with Crippen molar-refractivity contribution in [1.82, 2.24) is 0 Å². The molecule has 2 nitrogen and oxygen atoms in total. The Labute approximate surface area is 98.5 Å². The maximum Gasteiger partial charge on any atom is 0.586 e. The number of ether oxygens (including phenoxy) is 2. The van der Waals surface area contributed by atoms with Gasteiger partial charge in [0.05, 0.1) is 0 Å². The lowest BCUT2D eigenvalue weighted by Gasteiger charge is -2.08. The van der Waals surface area contributed by atoms with Crippen molar-refractivity contribution in [2.75, 3.05) is 0 Å². The topological polar surface area (TPSA) is 18.5 Å². The monoisotopic (exact) mass is 240 g/mol. The first-order chi connectivity index (χ1) is 8.12. The van der Waals surface area contributed by atoms with Gasteiger partial charge in [0.1, 0.15) is 0 Å². The lowest BCUT2D eigenvalue weighted by atomic mass is 9.98. The average Bonchev–Trinajstić information content (AvgIpc) is 2.83. The Morgan fingerprint density at radius 1 is 1.12 bits per heavy atom. The summed E-state index contributed by atoms with van der Waals surface area (Å²) in [5, 5.41) is 0. The zero-order valence-corrected chi connectivity index (χ0v) is 9.42. The van der Waals surface area contributed by atoms with Crippen LogP contribution in [0.2, 0.25) is 0 Å². The molecule has 0 N–H and O–H groups in total. The van der Waals surface area contributed by atoms with E-state index < -0.39 is 6.29 Å². The average molecular weight is 240 g/mol. The highest BCUT2D eigenvalue weighted by Gasteiger charge is 2.43. The number of fused-ring (bicyclic) bond motifs is 1. The van der Waals surface area contributed by atoms with Crippen molar-refractivity contribution in [3.8, 4) is 11.5 Å². The minimum Gasteiger partial charge on any atom is -0.395 e. The van der Waals surface area contributed by atoms with Gasteiger partial charge in [0.15, 0.2) is 11.5 Å². The molecule has 17 heavy (non-hydrogen) atoms. The second-order valence-corrected chi connectivity index (χ2v) is 4.80. The van der Waals surface area contributed by atoms with Gasteiger partial charge in [0, 0.05) is 0 Å². The Bertz CT molecular complexity index is 425. The van der Waals surface area contributed by atoms with E-state index in [2.05, 4.69) is 9.47 Å². The van der Waals surface area contributed by atoms with Crippen LogP contribution in [0, 0.1) is 5.92 Å². The van der Waals surface area contributed by atoms with E-state index in [1.807, 2.05) is 6.07 Å². The van der Waals surface area contributed by atoms with E-state index in [0.717, 1.165) is 12.0 Å². The fourth-order valence-electron chi connectivity index (χ4n) is 2.67. The summed E-state index contributed by atoms with van der Waals surface area (Å²) in [6, 6.07) is 5.09. The molecule has 0 atom stereocenters. The zero-order chi connectivity index (χ0) is 11.9. The van der Waals surface area contributed by atoms with Gasteiger partial charge < -0.3 is 9.47 Å². The van der Waals surface area contributed by atoms with Crippen LogP contribution in [0.3, 0.4) is 0 Å². The van der Waals surface area contributed by atoms with E-state index in [9.17, 15) is 8.78 Å². The molecule has 0 bridgehead atoms. The van der Waals surface area contributed by atoms with Gasteiger partial charge in [-0.3, -0.25) is 0 Å². The fraction of sp³-hybridized carbons (Fsp3) is 0.538. The van der Waals surface area contributed by atoms with Crippen molar-refractivity contribution in [2.45, 2.75) is 38.4 Å².